The molecule has 0 N–H and O–H groups in total. The molecule has 4 rings (SSSR count). The maximum absolute atomic E-state index is 2.33. The van der Waals surface area contributed by atoms with Crippen molar-refractivity contribution in [2.45, 2.75) is 27.7 Å². The molecule has 4 aromatic rings. The van der Waals surface area contributed by atoms with E-state index in [1.54, 1.807) is 0 Å². The molecule has 0 radical (unpaired) electrons. The minimum atomic E-state index is -1.32. The average molecular weight is 398 g/mol. The molecule has 0 unspecified atom stereocenters. The number of hydrogen-bond donors (Lipinski definition) is 0. The first-order valence-corrected chi connectivity index (χ1v) is 10.5. The van der Waals surface area contributed by atoms with Crippen LogP contribution in [0.25, 0.3) is 0 Å². The second-order valence-electron chi connectivity index (χ2n) is 8.29. The van der Waals surface area contributed by atoms with Crippen molar-refractivity contribution in [3.8, 4) is 0 Å². The van der Waals surface area contributed by atoms with Crippen LogP contribution in [0.4, 0.5) is 0 Å². The summed E-state index contributed by atoms with van der Waals surface area (Å²) in [6, 6.07) is 35.7. The Morgan fingerprint density at radius 3 is 0.767 bits per heavy atom. The summed E-state index contributed by atoms with van der Waals surface area (Å²) in [6.45, 7) is 9.00. The molecule has 2 heteroatoms. The van der Waals surface area contributed by atoms with E-state index < -0.39 is 6.15 Å². The van der Waals surface area contributed by atoms with Gasteiger partial charge in [-0.25, -0.2) is 0 Å². The summed E-state index contributed by atoms with van der Waals surface area (Å²) in [5.74, 6) is 0. The van der Waals surface area contributed by atoms with Crippen LogP contribution in [0.5, 0.6) is 0 Å². The van der Waals surface area contributed by atoms with Crippen molar-refractivity contribution in [2.75, 3.05) is 0 Å². The van der Waals surface area contributed by atoms with Crippen molar-refractivity contribution in [1.82, 2.24) is 0 Å². The second kappa shape index (κ2) is 9.39. The zero-order valence-corrected chi connectivity index (χ0v) is 20.8. The van der Waals surface area contributed by atoms with E-state index in [9.17, 15) is 0 Å². The Balaban J connectivity index is 0.00000256. The van der Waals surface area contributed by atoms with Crippen molar-refractivity contribution in [3.63, 3.8) is 0 Å². The molecule has 0 fully saturated rings. The third-order valence-corrected chi connectivity index (χ3v) is 6.62. The van der Waals surface area contributed by atoms with Crippen LogP contribution in [0.3, 0.4) is 0 Å². The predicted molar refractivity (Wildman–Crippen MR) is 129 cm³/mol. The maximum atomic E-state index is 2.33. The summed E-state index contributed by atoms with van der Waals surface area (Å²) in [5.41, 5.74) is 11.0. The van der Waals surface area contributed by atoms with E-state index in [1.165, 1.54) is 44.1 Å². The molecule has 0 aliphatic heterocycles. The van der Waals surface area contributed by atoms with Crippen molar-refractivity contribution in [1.29, 1.82) is 0 Å². The van der Waals surface area contributed by atoms with Crippen LogP contribution in [0.2, 0.25) is 0 Å². The molecule has 0 aliphatic carbocycles. The maximum Gasteiger partial charge on any atom is 1.00 e. The Morgan fingerprint density at radius 2 is 0.567 bits per heavy atom. The fourth-order valence-electron chi connectivity index (χ4n) is 5.30. The molecule has 0 saturated heterocycles. The van der Waals surface area contributed by atoms with Crippen LogP contribution in [0, 0.1) is 27.7 Å². The Kier molecular flexibility index (Phi) is 7.08. The van der Waals surface area contributed by atoms with E-state index in [0.29, 0.717) is 0 Å². The molecule has 0 saturated carbocycles. The number of aryl methyl sites for hydroxylation is 4. The number of rotatable bonds is 4. The van der Waals surface area contributed by atoms with Gasteiger partial charge < -0.3 is 0 Å². The summed E-state index contributed by atoms with van der Waals surface area (Å²) in [6.07, 6.45) is -1.32. The van der Waals surface area contributed by atoms with Gasteiger partial charge in [0, 0.05) is 0 Å². The molecule has 144 valence electrons. The molecule has 30 heavy (non-hydrogen) atoms. The van der Waals surface area contributed by atoms with Gasteiger partial charge in [-0.3, -0.25) is 0 Å². The third kappa shape index (κ3) is 3.71. The van der Waals surface area contributed by atoms with E-state index in [2.05, 4.69) is 125 Å². The first-order chi connectivity index (χ1) is 14.1. The SMILES string of the molecule is Cc1ccccc1[B-](c1ccccc1C)(c1ccccc1C)c1ccccc1C.[Na+]. The number of hydrogen-bond acceptors (Lipinski definition) is 0. The van der Waals surface area contributed by atoms with Gasteiger partial charge in [0.2, 0.25) is 0 Å². The van der Waals surface area contributed by atoms with Gasteiger partial charge in [0.05, 0.1) is 0 Å². The van der Waals surface area contributed by atoms with Gasteiger partial charge in [-0.15, -0.1) is 0 Å². The fourth-order valence-corrected chi connectivity index (χ4v) is 5.30. The van der Waals surface area contributed by atoms with Gasteiger partial charge in [0.15, 0.2) is 0 Å². The van der Waals surface area contributed by atoms with E-state index >= 15 is 0 Å². The van der Waals surface area contributed by atoms with Crippen molar-refractivity contribution >= 4 is 28.0 Å². The Hall–Kier alpha value is -2.06. The molecule has 4 aromatic carbocycles. The molecule has 0 amide bonds. The van der Waals surface area contributed by atoms with Gasteiger partial charge in [0.1, 0.15) is 6.15 Å². The standard InChI is InChI=1S/C28H28B.Na/c1-21-13-5-9-17-25(21)29(26-18-10-6-14-22(26)2,27-19-11-7-15-23(27)3)28-20-12-8-16-24(28)4;/h5-20H,1-4H3;/q-1;+1. The minimum absolute atomic E-state index is 0. The van der Waals surface area contributed by atoms with Gasteiger partial charge in [-0.1, -0.05) is 119 Å². The molecule has 0 aliphatic rings. The molecule has 0 heterocycles. The van der Waals surface area contributed by atoms with Crippen LogP contribution in [-0.2, 0) is 0 Å². The van der Waals surface area contributed by atoms with Gasteiger partial charge in [0.25, 0.3) is 0 Å². The molecule has 0 aromatic heterocycles. The normalized spacial score (nSPS) is 11.1. The first-order valence-electron chi connectivity index (χ1n) is 10.5. The predicted octanol–water partition coefficient (Wildman–Crippen LogP) is 1.30. The van der Waals surface area contributed by atoms with Gasteiger partial charge in [-0.05, 0) is 27.7 Å². The largest absolute Gasteiger partial charge is 1.00 e. The van der Waals surface area contributed by atoms with Crippen LogP contribution in [0.1, 0.15) is 22.3 Å². The van der Waals surface area contributed by atoms with Crippen LogP contribution < -0.4 is 51.4 Å². The van der Waals surface area contributed by atoms with Crippen molar-refractivity contribution in [2.24, 2.45) is 0 Å². The molecule has 0 bridgehead atoms. The Morgan fingerprint density at radius 1 is 0.367 bits per heavy atom. The van der Waals surface area contributed by atoms with Gasteiger partial charge >= 0.3 is 29.6 Å². The summed E-state index contributed by atoms with van der Waals surface area (Å²) in [7, 11) is 0. The monoisotopic (exact) mass is 398 g/mol. The van der Waals surface area contributed by atoms with Crippen LogP contribution in [0.15, 0.2) is 97.1 Å². The van der Waals surface area contributed by atoms with E-state index in [1.807, 2.05) is 0 Å². The third-order valence-electron chi connectivity index (χ3n) is 6.62. The fraction of sp³-hybridized carbons (Fsp3) is 0.143. The average Bonchev–Trinajstić information content (AvgIpc) is 2.73. The summed E-state index contributed by atoms with van der Waals surface area (Å²) >= 11 is 0. The van der Waals surface area contributed by atoms with Gasteiger partial charge in [-0.2, -0.15) is 21.9 Å². The summed E-state index contributed by atoms with van der Waals surface area (Å²) in [5, 5.41) is 0. The number of benzene rings is 4. The topological polar surface area (TPSA) is 0 Å². The molecular weight excluding hydrogens is 370 g/mol. The second-order valence-corrected chi connectivity index (χ2v) is 8.29. The Bertz CT molecular complexity index is 975. The molecular formula is C28H28BNa. The summed E-state index contributed by atoms with van der Waals surface area (Å²) < 4.78 is 0. The van der Waals surface area contributed by atoms with E-state index in [0.717, 1.165) is 0 Å². The van der Waals surface area contributed by atoms with Crippen molar-refractivity contribution < 1.29 is 29.6 Å². The molecule has 0 atom stereocenters. The van der Waals surface area contributed by atoms with Crippen molar-refractivity contribution in [3.05, 3.63) is 119 Å². The first kappa shape index (κ1) is 22.6. The van der Waals surface area contributed by atoms with Crippen LogP contribution >= 0.6 is 0 Å². The van der Waals surface area contributed by atoms with E-state index in [4.69, 9.17) is 0 Å². The zero-order chi connectivity index (χ0) is 20.4. The van der Waals surface area contributed by atoms with Crippen LogP contribution in [-0.4, -0.2) is 6.15 Å². The molecule has 0 nitrogen and oxygen atoms in total. The smallest absolute Gasteiger partial charge is 0.192 e. The molecule has 0 spiro atoms. The van der Waals surface area contributed by atoms with E-state index in [-0.39, 0.29) is 29.6 Å². The minimum Gasteiger partial charge on any atom is -0.192 e. The Labute approximate surface area is 203 Å². The summed E-state index contributed by atoms with van der Waals surface area (Å²) in [4.78, 5) is 0. The zero-order valence-electron chi connectivity index (χ0n) is 18.8. The quantitative estimate of drug-likeness (QED) is 0.455.